The maximum Gasteiger partial charge on any atom is 0.305 e. The Balaban J connectivity index is 1.59. The van der Waals surface area contributed by atoms with Crippen LogP contribution in [0.5, 0.6) is 5.75 Å². The lowest BCUT2D eigenvalue weighted by Crippen LogP contribution is -2.43. The second-order valence-corrected chi connectivity index (χ2v) is 6.26. The van der Waals surface area contributed by atoms with E-state index in [2.05, 4.69) is 10.9 Å². The minimum atomic E-state index is -0.635. The van der Waals surface area contributed by atoms with Crippen LogP contribution in [0.4, 0.5) is 4.39 Å². The van der Waals surface area contributed by atoms with Gasteiger partial charge in [-0.15, -0.1) is 0 Å². The SMILES string of the molecule is Cc1ccc(C)c(OCC(=O)NNC(=O)c2oc3ccc(F)cc3c2C)c1. The molecule has 6 nitrogen and oxygen atoms in total. The summed E-state index contributed by atoms with van der Waals surface area (Å²) in [7, 11) is 0. The Morgan fingerprint density at radius 2 is 1.85 bits per heavy atom. The third-order valence-corrected chi connectivity index (χ3v) is 4.12. The molecule has 0 aliphatic rings. The predicted octanol–water partition coefficient (Wildman–Crippen LogP) is 3.34. The summed E-state index contributed by atoms with van der Waals surface area (Å²) in [6, 6.07) is 9.67. The van der Waals surface area contributed by atoms with Crippen LogP contribution in [-0.2, 0) is 4.79 Å². The third-order valence-electron chi connectivity index (χ3n) is 4.12. The Labute approximate surface area is 155 Å². The van der Waals surface area contributed by atoms with E-state index in [0.29, 0.717) is 22.3 Å². The number of ether oxygens (including phenoxy) is 1. The number of carbonyl (C=O) groups is 2. The zero-order valence-electron chi connectivity index (χ0n) is 15.2. The van der Waals surface area contributed by atoms with Crippen LogP contribution < -0.4 is 15.6 Å². The van der Waals surface area contributed by atoms with E-state index >= 15 is 0 Å². The highest BCUT2D eigenvalue weighted by Crippen LogP contribution is 2.25. The Morgan fingerprint density at radius 3 is 2.63 bits per heavy atom. The molecule has 0 aliphatic carbocycles. The Kier molecular flexibility index (Phi) is 5.12. The van der Waals surface area contributed by atoms with E-state index in [0.717, 1.165) is 11.1 Å². The Bertz CT molecular complexity index is 1030. The summed E-state index contributed by atoms with van der Waals surface area (Å²) in [5.41, 5.74) is 7.34. The fourth-order valence-corrected chi connectivity index (χ4v) is 2.64. The molecule has 3 aromatic rings. The van der Waals surface area contributed by atoms with Crippen LogP contribution in [0.25, 0.3) is 11.0 Å². The number of carbonyl (C=O) groups excluding carboxylic acids is 2. The van der Waals surface area contributed by atoms with E-state index in [4.69, 9.17) is 9.15 Å². The molecule has 27 heavy (non-hydrogen) atoms. The van der Waals surface area contributed by atoms with E-state index in [-0.39, 0.29) is 12.4 Å². The number of halogens is 1. The van der Waals surface area contributed by atoms with Crippen LogP contribution in [0.1, 0.15) is 27.2 Å². The number of hydrogen-bond donors (Lipinski definition) is 2. The quantitative estimate of drug-likeness (QED) is 0.691. The molecule has 0 spiro atoms. The molecule has 2 N–H and O–H groups in total. The van der Waals surface area contributed by atoms with E-state index < -0.39 is 17.6 Å². The van der Waals surface area contributed by atoms with Gasteiger partial charge < -0.3 is 9.15 Å². The van der Waals surface area contributed by atoms with Gasteiger partial charge in [0.1, 0.15) is 17.1 Å². The number of aryl methyl sites for hydroxylation is 3. The minimum absolute atomic E-state index is 0.00588. The largest absolute Gasteiger partial charge is 0.483 e. The van der Waals surface area contributed by atoms with Gasteiger partial charge in [0.15, 0.2) is 12.4 Å². The van der Waals surface area contributed by atoms with E-state index in [1.165, 1.54) is 18.2 Å². The lowest BCUT2D eigenvalue weighted by atomic mass is 10.1. The second-order valence-electron chi connectivity index (χ2n) is 6.26. The molecule has 2 aromatic carbocycles. The molecule has 0 unspecified atom stereocenters. The molecule has 0 atom stereocenters. The summed E-state index contributed by atoms with van der Waals surface area (Å²) < 4.78 is 24.3. The van der Waals surface area contributed by atoms with Crippen molar-refractivity contribution in [3.8, 4) is 5.75 Å². The number of rotatable bonds is 4. The van der Waals surface area contributed by atoms with Crippen LogP contribution in [0.15, 0.2) is 40.8 Å². The molecule has 0 bridgehead atoms. The van der Waals surface area contributed by atoms with E-state index in [1.807, 2.05) is 32.0 Å². The molecular formula is C20H19FN2O4. The molecule has 140 valence electrons. The topological polar surface area (TPSA) is 80.6 Å². The maximum absolute atomic E-state index is 13.3. The molecule has 0 saturated heterocycles. The van der Waals surface area contributed by atoms with Gasteiger partial charge in [0.05, 0.1) is 0 Å². The van der Waals surface area contributed by atoms with Crippen molar-refractivity contribution in [2.24, 2.45) is 0 Å². The van der Waals surface area contributed by atoms with Crippen LogP contribution in [0.3, 0.4) is 0 Å². The van der Waals surface area contributed by atoms with Gasteiger partial charge in [-0.1, -0.05) is 12.1 Å². The van der Waals surface area contributed by atoms with Crippen LogP contribution in [0, 0.1) is 26.6 Å². The van der Waals surface area contributed by atoms with Gasteiger partial charge in [-0.05, 0) is 56.2 Å². The van der Waals surface area contributed by atoms with Crippen molar-refractivity contribution in [1.29, 1.82) is 0 Å². The summed E-state index contributed by atoms with van der Waals surface area (Å²) in [4.78, 5) is 24.2. The third kappa shape index (κ3) is 4.08. The fraction of sp³-hybridized carbons (Fsp3) is 0.200. The minimum Gasteiger partial charge on any atom is -0.483 e. The first-order valence-electron chi connectivity index (χ1n) is 8.33. The molecule has 0 aliphatic heterocycles. The highest BCUT2D eigenvalue weighted by molar-refractivity contribution is 5.99. The molecule has 1 heterocycles. The number of furan rings is 1. The fourth-order valence-electron chi connectivity index (χ4n) is 2.64. The van der Waals surface area contributed by atoms with Gasteiger partial charge in [-0.2, -0.15) is 0 Å². The van der Waals surface area contributed by atoms with E-state index in [1.54, 1.807) is 6.92 Å². The predicted molar refractivity (Wildman–Crippen MR) is 97.9 cm³/mol. The normalized spacial score (nSPS) is 10.7. The van der Waals surface area contributed by atoms with Gasteiger partial charge in [0.2, 0.25) is 0 Å². The Hall–Kier alpha value is -3.35. The van der Waals surface area contributed by atoms with Crippen molar-refractivity contribution in [3.05, 3.63) is 64.7 Å². The smallest absolute Gasteiger partial charge is 0.305 e. The Morgan fingerprint density at radius 1 is 1.07 bits per heavy atom. The highest BCUT2D eigenvalue weighted by atomic mass is 19.1. The number of benzene rings is 2. The van der Waals surface area contributed by atoms with Crippen LogP contribution in [0.2, 0.25) is 0 Å². The molecular weight excluding hydrogens is 351 g/mol. The summed E-state index contributed by atoms with van der Waals surface area (Å²) >= 11 is 0. The lowest BCUT2D eigenvalue weighted by molar-refractivity contribution is -0.123. The van der Waals surface area contributed by atoms with Gasteiger partial charge in [-0.3, -0.25) is 20.4 Å². The zero-order chi connectivity index (χ0) is 19.6. The number of amides is 2. The maximum atomic E-state index is 13.3. The number of fused-ring (bicyclic) bond motifs is 1. The highest BCUT2D eigenvalue weighted by Gasteiger charge is 2.18. The van der Waals surface area contributed by atoms with Crippen molar-refractivity contribution in [2.75, 3.05) is 6.61 Å². The number of hydrazine groups is 1. The van der Waals surface area contributed by atoms with Crippen molar-refractivity contribution >= 4 is 22.8 Å². The summed E-state index contributed by atoms with van der Waals surface area (Å²) in [5, 5.41) is 0.504. The van der Waals surface area contributed by atoms with Crippen molar-refractivity contribution < 1.29 is 23.1 Å². The second kappa shape index (κ2) is 7.49. The van der Waals surface area contributed by atoms with Crippen molar-refractivity contribution in [2.45, 2.75) is 20.8 Å². The monoisotopic (exact) mass is 370 g/mol. The average molecular weight is 370 g/mol. The molecule has 7 heteroatoms. The molecule has 2 amide bonds. The van der Waals surface area contributed by atoms with Crippen molar-refractivity contribution in [1.82, 2.24) is 10.9 Å². The van der Waals surface area contributed by atoms with Crippen molar-refractivity contribution in [3.63, 3.8) is 0 Å². The first-order chi connectivity index (χ1) is 12.8. The van der Waals surface area contributed by atoms with Crippen LogP contribution >= 0.6 is 0 Å². The van der Waals surface area contributed by atoms with Gasteiger partial charge >= 0.3 is 5.91 Å². The summed E-state index contributed by atoms with van der Waals surface area (Å²) in [5.74, 6) is -0.971. The van der Waals surface area contributed by atoms with Gasteiger partial charge in [0.25, 0.3) is 5.91 Å². The number of nitrogens with one attached hydrogen (secondary N) is 2. The summed E-state index contributed by atoms with van der Waals surface area (Å²) in [6.07, 6.45) is 0. The molecule has 0 saturated carbocycles. The zero-order valence-corrected chi connectivity index (χ0v) is 15.2. The first kappa shape index (κ1) is 18.4. The number of hydrogen-bond acceptors (Lipinski definition) is 4. The molecule has 3 rings (SSSR count). The van der Waals surface area contributed by atoms with E-state index in [9.17, 15) is 14.0 Å². The average Bonchev–Trinajstić information content (AvgIpc) is 2.97. The lowest BCUT2D eigenvalue weighted by Gasteiger charge is -2.10. The molecule has 0 fully saturated rings. The molecule has 0 radical (unpaired) electrons. The van der Waals surface area contributed by atoms with Gasteiger partial charge in [0, 0.05) is 10.9 Å². The molecule has 1 aromatic heterocycles. The van der Waals surface area contributed by atoms with Gasteiger partial charge in [-0.25, -0.2) is 4.39 Å². The summed E-state index contributed by atoms with van der Waals surface area (Å²) in [6.45, 7) is 5.19. The standard InChI is InChI=1S/C20H19FN2O4/c1-11-4-5-12(2)17(8-11)26-10-18(24)22-23-20(25)19-13(3)15-9-14(21)6-7-16(15)27-19/h4-9H,10H2,1-3H3,(H,22,24)(H,23,25). The first-order valence-corrected chi connectivity index (χ1v) is 8.33. The van der Waals surface area contributed by atoms with Crippen LogP contribution in [-0.4, -0.2) is 18.4 Å².